The molecule has 0 fully saturated rings. The quantitative estimate of drug-likeness (QED) is 0.662. The van der Waals surface area contributed by atoms with E-state index in [2.05, 4.69) is 10.6 Å². The van der Waals surface area contributed by atoms with Crippen molar-refractivity contribution in [1.82, 2.24) is 10.6 Å². The first-order valence-electron chi connectivity index (χ1n) is 6.36. The highest BCUT2D eigenvalue weighted by atomic mass is 35.5. The maximum Gasteiger partial charge on any atom is 0.338 e. The molecule has 0 unspecified atom stereocenters. The highest BCUT2D eigenvalue weighted by molar-refractivity contribution is 6.20. The number of ether oxygens (including phenoxy) is 1. The lowest BCUT2D eigenvalue weighted by Crippen LogP contribution is -2.46. The Kier molecular flexibility index (Phi) is 4.80. The first-order valence-corrected chi connectivity index (χ1v) is 6.89. The Balaban J connectivity index is 2.46. The maximum atomic E-state index is 13.0. The Morgan fingerprint density at radius 1 is 1.38 bits per heavy atom. The van der Waals surface area contributed by atoms with Gasteiger partial charge in [-0.2, -0.15) is 0 Å². The fourth-order valence-electron chi connectivity index (χ4n) is 2.08. The standard InChI is InChI=1S/C14H14ClFN2O3/c1-2-21-13(19)11-10(7-15)17-14(20)18-12(11)8-3-5-9(16)6-4-8/h3-6,12H,2,7H2,1H3,(H2,17,18,20)/t12-/m1/s1. The topological polar surface area (TPSA) is 67.4 Å². The highest BCUT2D eigenvalue weighted by Gasteiger charge is 2.33. The fourth-order valence-corrected chi connectivity index (χ4v) is 2.29. The molecular formula is C14H14ClFN2O3. The summed E-state index contributed by atoms with van der Waals surface area (Å²) >= 11 is 5.79. The van der Waals surface area contributed by atoms with E-state index in [1.807, 2.05) is 0 Å². The molecule has 112 valence electrons. The lowest BCUT2D eigenvalue weighted by atomic mass is 9.95. The van der Waals surface area contributed by atoms with Crippen LogP contribution >= 0.6 is 11.6 Å². The first-order chi connectivity index (χ1) is 10.1. The van der Waals surface area contributed by atoms with Gasteiger partial charge in [0.15, 0.2) is 0 Å². The molecular weight excluding hydrogens is 299 g/mol. The second kappa shape index (κ2) is 6.58. The molecule has 0 bridgehead atoms. The van der Waals surface area contributed by atoms with Gasteiger partial charge in [0.05, 0.1) is 24.1 Å². The summed E-state index contributed by atoms with van der Waals surface area (Å²) in [5.41, 5.74) is 1.07. The molecule has 0 radical (unpaired) electrons. The largest absolute Gasteiger partial charge is 0.463 e. The van der Waals surface area contributed by atoms with Gasteiger partial charge in [-0.25, -0.2) is 14.0 Å². The van der Waals surface area contributed by atoms with E-state index in [1.54, 1.807) is 6.92 Å². The van der Waals surface area contributed by atoms with E-state index < -0.39 is 23.9 Å². The van der Waals surface area contributed by atoms with Gasteiger partial charge in [0.2, 0.25) is 0 Å². The van der Waals surface area contributed by atoms with Gasteiger partial charge in [-0.05, 0) is 24.6 Å². The van der Waals surface area contributed by atoms with E-state index in [-0.39, 0.29) is 23.8 Å². The van der Waals surface area contributed by atoms with Gasteiger partial charge >= 0.3 is 12.0 Å². The first kappa shape index (κ1) is 15.3. The molecule has 0 spiro atoms. The third-order valence-electron chi connectivity index (χ3n) is 2.99. The summed E-state index contributed by atoms with van der Waals surface area (Å²) in [7, 11) is 0. The van der Waals surface area contributed by atoms with Gasteiger partial charge in [0.1, 0.15) is 5.82 Å². The van der Waals surface area contributed by atoms with Crippen LogP contribution in [0.15, 0.2) is 35.5 Å². The lowest BCUT2D eigenvalue weighted by Gasteiger charge is -2.28. The van der Waals surface area contributed by atoms with Crippen molar-refractivity contribution in [3.63, 3.8) is 0 Å². The van der Waals surface area contributed by atoms with Crippen molar-refractivity contribution in [2.75, 3.05) is 12.5 Å². The lowest BCUT2D eigenvalue weighted by molar-refractivity contribution is -0.139. The third-order valence-corrected chi connectivity index (χ3v) is 3.25. The van der Waals surface area contributed by atoms with Gasteiger partial charge in [-0.3, -0.25) is 0 Å². The molecule has 1 heterocycles. The molecule has 1 aliphatic heterocycles. The van der Waals surface area contributed by atoms with Gasteiger partial charge in [0, 0.05) is 5.70 Å². The number of allylic oxidation sites excluding steroid dienone is 1. The molecule has 1 aromatic rings. The van der Waals surface area contributed by atoms with Gasteiger partial charge in [0.25, 0.3) is 0 Å². The molecule has 21 heavy (non-hydrogen) atoms. The van der Waals surface area contributed by atoms with Gasteiger partial charge in [-0.15, -0.1) is 11.6 Å². The summed E-state index contributed by atoms with van der Waals surface area (Å²) in [5.74, 6) is -1.02. The van der Waals surface area contributed by atoms with Crippen molar-refractivity contribution in [2.24, 2.45) is 0 Å². The van der Waals surface area contributed by atoms with E-state index in [4.69, 9.17) is 16.3 Å². The number of halogens is 2. The number of nitrogens with one attached hydrogen (secondary N) is 2. The van der Waals surface area contributed by atoms with E-state index in [0.29, 0.717) is 5.56 Å². The number of esters is 1. The van der Waals surface area contributed by atoms with Crippen molar-refractivity contribution in [3.8, 4) is 0 Å². The maximum absolute atomic E-state index is 13.0. The van der Waals surface area contributed by atoms with Crippen LogP contribution in [-0.2, 0) is 9.53 Å². The molecule has 1 atom stereocenters. The summed E-state index contributed by atoms with van der Waals surface area (Å²) in [4.78, 5) is 23.8. The van der Waals surface area contributed by atoms with Crippen molar-refractivity contribution in [2.45, 2.75) is 13.0 Å². The average Bonchev–Trinajstić information content (AvgIpc) is 2.47. The van der Waals surface area contributed by atoms with Crippen LogP contribution in [-0.4, -0.2) is 24.5 Å². The Morgan fingerprint density at radius 2 is 2.05 bits per heavy atom. The normalized spacial score (nSPS) is 18.0. The molecule has 0 saturated heterocycles. The SMILES string of the molecule is CCOC(=O)C1=C(CCl)NC(=O)N[C@@H]1c1ccc(F)cc1. The second-order valence-corrected chi connectivity index (χ2v) is 4.60. The summed E-state index contributed by atoms with van der Waals surface area (Å²) < 4.78 is 18.0. The minimum absolute atomic E-state index is 0.0424. The Labute approximate surface area is 126 Å². The summed E-state index contributed by atoms with van der Waals surface area (Å²) in [5, 5.41) is 5.11. The number of hydrogen-bond acceptors (Lipinski definition) is 3. The molecule has 0 saturated carbocycles. The predicted molar refractivity (Wildman–Crippen MR) is 75.2 cm³/mol. The minimum atomic E-state index is -0.729. The zero-order chi connectivity index (χ0) is 15.4. The number of carbonyl (C=O) groups excluding carboxylic acids is 2. The fraction of sp³-hybridized carbons (Fsp3) is 0.286. The Bertz CT molecular complexity index is 586. The van der Waals surface area contributed by atoms with Crippen LogP contribution in [0.2, 0.25) is 0 Å². The minimum Gasteiger partial charge on any atom is -0.463 e. The molecule has 2 amide bonds. The molecule has 0 aliphatic carbocycles. The van der Waals surface area contributed by atoms with Crippen LogP contribution in [0.4, 0.5) is 9.18 Å². The predicted octanol–water partition coefficient (Wildman–Crippen LogP) is 2.24. The van der Waals surface area contributed by atoms with Crippen LogP contribution in [0, 0.1) is 5.82 Å². The Morgan fingerprint density at radius 3 is 2.62 bits per heavy atom. The van der Waals surface area contributed by atoms with Crippen molar-refractivity contribution < 1.29 is 18.7 Å². The number of rotatable bonds is 4. The molecule has 1 aliphatic rings. The zero-order valence-electron chi connectivity index (χ0n) is 11.3. The average molecular weight is 313 g/mol. The zero-order valence-corrected chi connectivity index (χ0v) is 12.0. The summed E-state index contributed by atoms with van der Waals surface area (Å²) in [6, 6.07) is 4.30. The molecule has 0 aromatic heterocycles. The molecule has 2 N–H and O–H groups in total. The van der Waals surface area contributed by atoms with Crippen LogP contribution in [0.3, 0.4) is 0 Å². The van der Waals surface area contributed by atoms with E-state index >= 15 is 0 Å². The second-order valence-electron chi connectivity index (χ2n) is 4.33. The van der Waals surface area contributed by atoms with E-state index in [9.17, 15) is 14.0 Å². The third kappa shape index (κ3) is 3.33. The number of amides is 2. The van der Waals surface area contributed by atoms with Crippen LogP contribution < -0.4 is 10.6 Å². The number of hydrogen-bond donors (Lipinski definition) is 2. The smallest absolute Gasteiger partial charge is 0.338 e. The van der Waals surface area contributed by atoms with Crippen LogP contribution in [0.1, 0.15) is 18.5 Å². The molecule has 7 heteroatoms. The number of benzene rings is 1. The molecule has 2 rings (SSSR count). The van der Waals surface area contributed by atoms with E-state index in [1.165, 1.54) is 24.3 Å². The van der Waals surface area contributed by atoms with Crippen LogP contribution in [0.25, 0.3) is 0 Å². The van der Waals surface area contributed by atoms with Crippen molar-refractivity contribution in [3.05, 3.63) is 46.9 Å². The molecule has 1 aromatic carbocycles. The monoisotopic (exact) mass is 312 g/mol. The van der Waals surface area contributed by atoms with Gasteiger partial charge in [-0.1, -0.05) is 12.1 Å². The number of urea groups is 1. The number of carbonyl (C=O) groups is 2. The number of alkyl halides is 1. The summed E-state index contributed by atoms with van der Waals surface area (Å²) in [6.07, 6.45) is 0. The van der Waals surface area contributed by atoms with Crippen molar-refractivity contribution in [1.29, 1.82) is 0 Å². The highest BCUT2D eigenvalue weighted by Crippen LogP contribution is 2.28. The van der Waals surface area contributed by atoms with E-state index in [0.717, 1.165) is 0 Å². The van der Waals surface area contributed by atoms with Crippen LogP contribution in [0.5, 0.6) is 0 Å². The van der Waals surface area contributed by atoms with Crippen molar-refractivity contribution >= 4 is 23.6 Å². The van der Waals surface area contributed by atoms with Gasteiger partial charge < -0.3 is 15.4 Å². The molecule has 5 nitrogen and oxygen atoms in total. The summed E-state index contributed by atoms with van der Waals surface area (Å²) in [6.45, 7) is 1.88. The Hall–Kier alpha value is -2.08.